The lowest BCUT2D eigenvalue weighted by Gasteiger charge is -2.30. The third-order valence-corrected chi connectivity index (χ3v) is 8.02. The fourth-order valence-electron chi connectivity index (χ4n) is 4.44. The number of halogens is 2. The number of amides is 2. The van der Waals surface area contributed by atoms with E-state index in [0.29, 0.717) is 15.7 Å². The van der Waals surface area contributed by atoms with Crippen molar-refractivity contribution in [3.63, 3.8) is 0 Å². The van der Waals surface area contributed by atoms with Gasteiger partial charge < -0.3 is 10.2 Å². The molecule has 1 fully saturated rings. The summed E-state index contributed by atoms with van der Waals surface area (Å²) in [5.41, 5.74) is 1.26. The number of hydrogen-bond donors (Lipinski definition) is 1. The van der Waals surface area contributed by atoms with Crippen LogP contribution in [0.5, 0.6) is 0 Å². The zero-order valence-electron chi connectivity index (χ0n) is 20.6. The second-order valence-corrected chi connectivity index (χ2v) is 12.0. The van der Waals surface area contributed by atoms with Gasteiger partial charge in [-0.15, -0.1) is 0 Å². The van der Waals surface area contributed by atoms with Crippen LogP contribution in [0, 0.1) is 0 Å². The van der Waals surface area contributed by atoms with Crippen LogP contribution in [0.1, 0.15) is 51.0 Å². The van der Waals surface area contributed by atoms with E-state index in [4.69, 9.17) is 23.2 Å². The second kappa shape index (κ2) is 12.8. The minimum absolute atomic E-state index is 0.0776. The topological polar surface area (TPSA) is 86.8 Å². The molecule has 36 heavy (non-hydrogen) atoms. The highest BCUT2D eigenvalue weighted by molar-refractivity contribution is 7.92. The van der Waals surface area contributed by atoms with Gasteiger partial charge in [0.05, 0.1) is 11.9 Å². The molecular formula is C26H33Cl2N3O4S. The standard InChI is InChI=1S/C26H33Cl2N3O4S/c1-19(26(33)29-23-11-3-4-12-23)30(18-20-8-5-9-21(27)16-20)25(32)14-7-15-31(36(2,34)35)24-13-6-10-22(28)17-24/h5-6,8-10,13,16-17,19,23H,3-4,7,11-12,14-15,18H2,1-2H3,(H,29,33). The number of hydrogen-bond acceptors (Lipinski definition) is 4. The Kier molecular flexibility index (Phi) is 10.0. The molecule has 0 bridgehead atoms. The van der Waals surface area contributed by atoms with Gasteiger partial charge in [-0.3, -0.25) is 13.9 Å². The van der Waals surface area contributed by atoms with Gasteiger partial charge in [-0.2, -0.15) is 0 Å². The van der Waals surface area contributed by atoms with E-state index in [-0.39, 0.29) is 43.8 Å². The number of nitrogens with zero attached hydrogens (tertiary/aromatic N) is 2. The van der Waals surface area contributed by atoms with Gasteiger partial charge in [0.15, 0.2) is 0 Å². The second-order valence-electron chi connectivity index (χ2n) is 9.24. The van der Waals surface area contributed by atoms with Crippen molar-refractivity contribution in [2.24, 2.45) is 0 Å². The number of carbonyl (C=O) groups excluding carboxylic acids is 2. The number of nitrogens with one attached hydrogen (secondary N) is 1. The minimum Gasteiger partial charge on any atom is -0.352 e. The molecule has 0 radical (unpaired) electrons. The van der Waals surface area contributed by atoms with Crippen molar-refractivity contribution in [2.75, 3.05) is 17.1 Å². The Morgan fingerprint density at radius 2 is 1.69 bits per heavy atom. The van der Waals surface area contributed by atoms with E-state index < -0.39 is 16.1 Å². The van der Waals surface area contributed by atoms with Crippen LogP contribution in [0.25, 0.3) is 0 Å². The molecule has 1 aliphatic rings. The van der Waals surface area contributed by atoms with Gasteiger partial charge in [0.1, 0.15) is 6.04 Å². The Balaban J connectivity index is 1.72. The van der Waals surface area contributed by atoms with Gasteiger partial charge in [-0.1, -0.05) is 54.2 Å². The lowest BCUT2D eigenvalue weighted by molar-refractivity contribution is -0.141. The van der Waals surface area contributed by atoms with Gasteiger partial charge >= 0.3 is 0 Å². The SMILES string of the molecule is CC(C(=O)NC1CCCC1)N(Cc1cccc(Cl)c1)C(=O)CCCN(c1cccc(Cl)c1)S(C)(=O)=O. The molecule has 1 N–H and O–H groups in total. The summed E-state index contributed by atoms with van der Waals surface area (Å²) in [4.78, 5) is 27.9. The van der Waals surface area contributed by atoms with Crippen molar-refractivity contribution in [3.05, 3.63) is 64.1 Å². The fourth-order valence-corrected chi connectivity index (χ4v) is 5.80. The first-order chi connectivity index (χ1) is 17.0. The van der Waals surface area contributed by atoms with E-state index >= 15 is 0 Å². The van der Waals surface area contributed by atoms with Gasteiger partial charge in [-0.25, -0.2) is 8.42 Å². The first-order valence-electron chi connectivity index (χ1n) is 12.1. The molecular weight excluding hydrogens is 521 g/mol. The van der Waals surface area contributed by atoms with Crippen molar-refractivity contribution in [1.29, 1.82) is 0 Å². The summed E-state index contributed by atoms with van der Waals surface area (Å²) in [6.07, 6.45) is 5.56. The maximum atomic E-state index is 13.4. The molecule has 2 amide bonds. The molecule has 1 atom stereocenters. The smallest absolute Gasteiger partial charge is 0.242 e. The summed E-state index contributed by atoms with van der Waals surface area (Å²) >= 11 is 12.2. The van der Waals surface area contributed by atoms with Gasteiger partial charge in [-0.05, 0) is 62.1 Å². The summed E-state index contributed by atoms with van der Waals surface area (Å²) < 4.78 is 26.1. The summed E-state index contributed by atoms with van der Waals surface area (Å²) in [5, 5.41) is 4.05. The van der Waals surface area contributed by atoms with E-state index in [9.17, 15) is 18.0 Å². The van der Waals surface area contributed by atoms with E-state index in [0.717, 1.165) is 37.5 Å². The maximum absolute atomic E-state index is 13.4. The highest BCUT2D eigenvalue weighted by Gasteiger charge is 2.28. The lowest BCUT2D eigenvalue weighted by Crippen LogP contribution is -2.49. The molecule has 1 aliphatic carbocycles. The number of carbonyl (C=O) groups is 2. The van der Waals surface area contributed by atoms with E-state index in [2.05, 4.69) is 5.32 Å². The van der Waals surface area contributed by atoms with Gasteiger partial charge in [0, 0.05) is 35.6 Å². The molecule has 2 aromatic carbocycles. The van der Waals surface area contributed by atoms with Crippen LogP contribution in [0.4, 0.5) is 5.69 Å². The van der Waals surface area contributed by atoms with Crippen LogP contribution in [-0.4, -0.2) is 50.0 Å². The molecule has 0 aromatic heterocycles. The molecule has 10 heteroatoms. The molecule has 0 heterocycles. The van der Waals surface area contributed by atoms with E-state index in [1.54, 1.807) is 54.3 Å². The van der Waals surface area contributed by atoms with Gasteiger partial charge in [0.25, 0.3) is 0 Å². The predicted octanol–water partition coefficient (Wildman–Crippen LogP) is 5.02. The van der Waals surface area contributed by atoms with Crippen molar-refractivity contribution in [2.45, 2.75) is 64.1 Å². The first kappa shape index (κ1) is 28.3. The van der Waals surface area contributed by atoms with Crippen molar-refractivity contribution in [1.82, 2.24) is 10.2 Å². The van der Waals surface area contributed by atoms with E-state index in [1.165, 1.54) is 4.31 Å². The molecule has 0 saturated heterocycles. The summed E-state index contributed by atoms with van der Waals surface area (Å²) in [7, 11) is -3.58. The largest absolute Gasteiger partial charge is 0.352 e. The Bertz CT molecular complexity index is 1170. The van der Waals surface area contributed by atoms with Crippen LogP contribution >= 0.6 is 23.2 Å². The third kappa shape index (κ3) is 8.11. The molecule has 3 rings (SSSR count). The number of sulfonamides is 1. The van der Waals surface area contributed by atoms with Crippen molar-refractivity contribution in [3.8, 4) is 0 Å². The predicted molar refractivity (Wildman–Crippen MR) is 145 cm³/mol. The molecule has 7 nitrogen and oxygen atoms in total. The number of benzene rings is 2. The van der Waals surface area contributed by atoms with Gasteiger partial charge in [0.2, 0.25) is 21.8 Å². The quantitative estimate of drug-likeness (QED) is 0.423. The monoisotopic (exact) mass is 553 g/mol. The maximum Gasteiger partial charge on any atom is 0.242 e. The molecule has 0 spiro atoms. The lowest BCUT2D eigenvalue weighted by atomic mass is 10.1. The highest BCUT2D eigenvalue weighted by atomic mass is 35.5. The van der Waals surface area contributed by atoms with Crippen molar-refractivity contribution < 1.29 is 18.0 Å². The highest BCUT2D eigenvalue weighted by Crippen LogP contribution is 2.23. The number of rotatable bonds is 11. The third-order valence-electron chi connectivity index (χ3n) is 6.36. The van der Waals surface area contributed by atoms with E-state index in [1.807, 2.05) is 6.07 Å². The molecule has 0 aliphatic heterocycles. The molecule has 2 aromatic rings. The molecule has 196 valence electrons. The average molecular weight is 555 g/mol. The van der Waals surface area contributed by atoms with Crippen molar-refractivity contribution >= 4 is 50.7 Å². The Morgan fingerprint density at radius 1 is 1.06 bits per heavy atom. The Hall–Kier alpha value is -2.29. The normalized spacial score (nSPS) is 14.9. The fraction of sp³-hybridized carbons (Fsp3) is 0.462. The zero-order valence-corrected chi connectivity index (χ0v) is 23.0. The zero-order chi connectivity index (χ0) is 26.3. The van der Waals surface area contributed by atoms with Crippen LogP contribution in [0.15, 0.2) is 48.5 Å². The van der Waals surface area contributed by atoms with Crippen LogP contribution in [0.2, 0.25) is 10.0 Å². The summed E-state index contributed by atoms with van der Waals surface area (Å²) in [6, 6.07) is 13.2. The number of anilines is 1. The first-order valence-corrected chi connectivity index (χ1v) is 14.7. The molecule has 1 saturated carbocycles. The average Bonchev–Trinajstić information content (AvgIpc) is 3.32. The summed E-state index contributed by atoms with van der Waals surface area (Å²) in [5.74, 6) is -0.419. The Labute approximate surface area is 223 Å². The van der Waals surface area contributed by atoms with Crippen LogP contribution in [0.3, 0.4) is 0 Å². The van der Waals surface area contributed by atoms with Crippen LogP contribution < -0.4 is 9.62 Å². The summed E-state index contributed by atoms with van der Waals surface area (Å²) in [6.45, 7) is 2.06. The molecule has 1 unspecified atom stereocenters. The Morgan fingerprint density at radius 3 is 2.31 bits per heavy atom. The minimum atomic E-state index is -3.58. The van der Waals surface area contributed by atoms with Crippen LogP contribution in [-0.2, 0) is 26.2 Å².